The molecule has 0 radical (unpaired) electrons. The molecule has 0 bridgehead atoms. The minimum absolute atomic E-state index is 0.244. The van der Waals surface area contributed by atoms with Gasteiger partial charge < -0.3 is 10.9 Å². The van der Waals surface area contributed by atoms with Gasteiger partial charge in [0.2, 0.25) is 0 Å². The van der Waals surface area contributed by atoms with Crippen LogP contribution in [0.1, 0.15) is 18.9 Å². The molecule has 3 N–H and O–H groups in total. The fraction of sp³-hybridized carbons (Fsp3) is 0.417. The van der Waals surface area contributed by atoms with Crippen molar-refractivity contribution in [3.05, 3.63) is 34.3 Å². The first kappa shape index (κ1) is 14.0. The highest BCUT2D eigenvalue weighted by Crippen LogP contribution is 2.13. The molecular weight excluding hydrogens is 282 g/mol. The summed E-state index contributed by atoms with van der Waals surface area (Å²) in [4.78, 5) is 2.15. The van der Waals surface area contributed by atoms with Gasteiger partial charge in [-0.3, -0.25) is 4.90 Å². The van der Waals surface area contributed by atoms with Gasteiger partial charge in [-0.05, 0) is 30.7 Å². The third kappa shape index (κ3) is 5.19. The number of halogens is 1. The Kier molecular flexibility index (Phi) is 6.00. The second-order valence-electron chi connectivity index (χ2n) is 3.93. The summed E-state index contributed by atoms with van der Waals surface area (Å²) in [5.41, 5.74) is 6.74. The number of benzene rings is 1. The molecule has 0 aliphatic heterocycles. The van der Waals surface area contributed by atoms with Gasteiger partial charge >= 0.3 is 0 Å². The normalized spacial score (nSPS) is 12.1. The quantitative estimate of drug-likeness (QED) is 0.367. The molecular formula is C12H18BrN3O. The molecule has 0 amide bonds. The average molecular weight is 300 g/mol. The first-order chi connectivity index (χ1) is 8.15. The summed E-state index contributed by atoms with van der Waals surface area (Å²) in [6, 6.07) is 8.15. The highest BCUT2D eigenvalue weighted by atomic mass is 79.9. The zero-order valence-electron chi connectivity index (χ0n) is 9.93. The van der Waals surface area contributed by atoms with E-state index in [-0.39, 0.29) is 5.84 Å². The van der Waals surface area contributed by atoms with Crippen LogP contribution in [0, 0.1) is 0 Å². The molecule has 0 aliphatic carbocycles. The van der Waals surface area contributed by atoms with E-state index in [1.807, 2.05) is 12.1 Å². The molecule has 94 valence electrons. The Morgan fingerprint density at radius 2 is 2.29 bits per heavy atom. The summed E-state index contributed by atoms with van der Waals surface area (Å²) >= 11 is 3.45. The Morgan fingerprint density at radius 3 is 2.88 bits per heavy atom. The van der Waals surface area contributed by atoms with Crippen LogP contribution < -0.4 is 5.73 Å². The van der Waals surface area contributed by atoms with E-state index in [0.29, 0.717) is 6.54 Å². The third-order valence-electron chi connectivity index (χ3n) is 2.35. The summed E-state index contributed by atoms with van der Waals surface area (Å²) in [5, 5.41) is 11.6. The van der Waals surface area contributed by atoms with Crippen LogP contribution in [0.25, 0.3) is 0 Å². The van der Waals surface area contributed by atoms with Crippen LogP contribution in [-0.4, -0.2) is 29.0 Å². The maximum Gasteiger partial charge on any atom is 0.153 e. The summed E-state index contributed by atoms with van der Waals surface area (Å²) in [6.07, 6.45) is 1.03. The molecule has 1 aromatic rings. The number of hydrogen-bond acceptors (Lipinski definition) is 3. The maximum absolute atomic E-state index is 8.59. The Bertz CT molecular complexity index is 382. The first-order valence-electron chi connectivity index (χ1n) is 5.59. The highest BCUT2D eigenvalue weighted by molar-refractivity contribution is 9.10. The van der Waals surface area contributed by atoms with Crippen molar-refractivity contribution < 1.29 is 5.21 Å². The Balaban J connectivity index is 2.66. The fourth-order valence-electron chi connectivity index (χ4n) is 1.68. The van der Waals surface area contributed by atoms with Gasteiger partial charge in [0.05, 0.1) is 6.54 Å². The van der Waals surface area contributed by atoms with Crippen molar-refractivity contribution in [2.75, 3.05) is 13.1 Å². The minimum atomic E-state index is 0.244. The van der Waals surface area contributed by atoms with Crippen LogP contribution in [0.3, 0.4) is 0 Å². The average Bonchev–Trinajstić information content (AvgIpc) is 2.29. The lowest BCUT2D eigenvalue weighted by Crippen LogP contribution is -2.34. The standard InChI is InChI=1S/C12H18BrN3O/c1-2-6-16(9-12(14)15-17)8-10-4-3-5-11(13)7-10/h3-5,7,17H,2,6,8-9H2,1H3,(H2,14,15). The summed E-state index contributed by atoms with van der Waals surface area (Å²) in [7, 11) is 0. The van der Waals surface area contributed by atoms with Crippen molar-refractivity contribution in [1.29, 1.82) is 0 Å². The summed E-state index contributed by atoms with van der Waals surface area (Å²) in [5.74, 6) is 0.244. The van der Waals surface area contributed by atoms with Crippen LogP contribution in [-0.2, 0) is 6.54 Å². The van der Waals surface area contributed by atoms with Crippen molar-refractivity contribution >= 4 is 21.8 Å². The maximum atomic E-state index is 8.59. The lowest BCUT2D eigenvalue weighted by Gasteiger charge is -2.20. The van der Waals surface area contributed by atoms with E-state index < -0.39 is 0 Å². The van der Waals surface area contributed by atoms with Gasteiger partial charge in [0.15, 0.2) is 5.84 Å². The van der Waals surface area contributed by atoms with Gasteiger partial charge in [0.1, 0.15) is 0 Å². The van der Waals surface area contributed by atoms with E-state index in [9.17, 15) is 0 Å². The number of rotatable bonds is 6. The first-order valence-corrected chi connectivity index (χ1v) is 6.38. The van der Waals surface area contributed by atoms with E-state index in [1.165, 1.54) is 5.56 Å². The molecule has 17 heavy (non-hydrogen) atoms. The van der Waals surface area contributed by atoms with Gasteiger partial charge in [-0.1, -0.05) is 40.1 Å². The highest BCUT2D eigenvalue weighted by Gasteiger charge is 2.07. The largest absolute Gasteiger partial charge is 0.409 e. The Morgan fingerprint density at radius 1 is 1.53 bits per heavy atom. The molecule has 0 aliphatic rings. The van der Waals surface area contributed by atoms with Gasteiger partial charge in [0, 0.05) is 11.0 Å². The third-order valence-corrected chi connectivity index (χ3v) is 2.84. The van der Waals surface area contributed by atoms with Gasteiger partial charge in [-0.15, -0.1) is 0 Å². The molecule has 0 fully saturated rings. The second-order valence-corrected chi connectivity index (χ2v) is 4.85. The zero-order chi connectivity index (χ0) is 12.7. The zero-order valence-corrected chi connectivity index (χ0v) is 11.5. The lowest BCUT2D eigenvalue weighted by atomic mass is 10.2. The van der Waals surface area contributed by atoms with Crippen molar-refractivity contribution in [3.63, 3.8) is 0 Å². The van der Waals surface area contributed by atoms with Crippen molar-refractivity contribution in [2.24, 2.45) is 10.9 Å². The molecule has 0 unspecified atom stereocenters. The molecule has 0 heterocycles. The van der Waals surface area contributed by atoms with Crippen LogP contribution in [0.4, 0.5) is 0 Å². The molecule has 0 saturated carbocycles. The molecule has 0 spiro atoms. The van der Waals surface area contributed by atoms with E-state index in [0.717, 1.165) is 24.0 Å². The van der Waals surface area contributed by atoms with Crippen molar-refractivity contribution in [1.82, 2.24) is 4.90 Å². The summed E-state index contributed by atoms with van der Waals surface area (Å²) < 4.78 is 1.07. The predicted octanol–water partition coefficient (Wildman–Crippen LogP) is 2.41. The Labute approximate surface area is 110 Å². The van der Waals surface area contributed by atoms with E-state index >= 15 is 0 Å². The number of nitrogens with zero attached hydrogens (tertiary/aromatic N) is 2. The molecule has 0 aromatic heterocycles. The van der Waals surface area contributed by atoms with Gasteiger partial charge in [0.25, 0.3) is 0 Å². The predicted molar refractivity (Wildman–Crippen MR) is 73.1 cm³/mol. The summed E-state index contributed by atoms with van der Waals surface area (Å²) in [6.45, 7) is 4.31. The number of amidine groups is 1. The molecule has 1 rings (SSSR count). The topological polar surface area (TPSA) is 61.8 Å². The molecule has 1 aromatic carbocycles. The fourth-order valence-corrected chi connectivity index (χ4v) is 2.13. The number of hydrogen-bond donors (Lipinski definition) is 2. The van der Waals surface area contributed by atoms with Crippen LogP contribution in [0.15, 0.2) is 33.9 Å². The van der Waals surface area contributed by atoms with E-state index in [4.69, 9.17) is 10.9 Å². The monoisotopic (exact) mass is 299 g/mol. The van der Waals surface area contributed by atoms with Gasteiger partial charge in [-0.2, -0.15) is 0 Å². The van der Waals surface area contributed by atoms with Crippen LogP contribution in [0.5, 0.6) is 0 Å². The van der Waals surface area contributed by atoms with E-state index in [2.05, 4.69) is 45.0 Å². The second kappa shape index (κ2) is 7.29. The van der Waals surface area contributed by atoms with E-state index in [1.54, 1.807) is 0 Å². The Hall–Kier alpha value is -1.07. The van der Waals surface area contributed by atoms with Crippen molar-refractivity contribution in [2.45, 2.75) is 19.9 Å². The smallest absolute Gasteiger partial charge is 0.153 e. The minimum Gasteiger partial charge on any atom is -0.409 e. The lowest BCUT2D eigenvalue weighted by molar-refractivity contribution is 0.286. The SMILES string of the molecule is CCCN(C/C(N)=N/O)Cc1cccc(Br)c1. The van der Waals surface area contributed by atoms with Crippen LogP contribution in [0.2, 0.25) is 0 Å². The molecule has 4 nitrogen and oxygen atoms in total. The molecule has 0 atom stereocenters. The van der Waals surface area contributed by atoms with Crippen molar-refractivity contribution in [3.8, 4) is 0 Å². The molecule has 5 heteroatoms. The van der Waals surface area contributed by atoms with Crippen LogP contribution >= 0.6 is 15.9 Å². The van der Waals surface area contributed by atoms with Gasteiger partial charge in [-0.25, -0.2) is 0 Å². The number of nitrogens with two attached hydrogens (primary N) is 1. The number of oxime groups is 1. The molecule has 0 saturated heterocycles.